The third-order valence-electron chi connectivity index (χ3n) is 5.60. The zero-order valence-corrected chi connectivity index (χ0v) is 18.4. The highest BCUT2D eigenvalue weighted by Gasteiger charge is 2.41. The van der Waals surface area contributed by atoms with Gasteiger partial charge in [-0.15, -0.1) is 0 Å². The Bertz CT molecular complexity index is 1160. The fourth-order valence-corrected chi connectivity index (χ4v) is 3.87. The summed E-state index contributed by atoms with van der Waals surface area (Å²) in [6.07, 6.45) is -0.0741. The minimum absolute atomic E-state index is 0.0741. The van der Waals surface area contributed by atoms with Crippen molar-refractivity contribution in [2.24, 2.45) is 0 Å². The molecule has 1 aliphatic rings. The molecule has 1 heterocycles. The van der Waals surface area contributed by atoms with E-state index in [2.05, 4.69) is 5.32 Å². The van der Waals surface area contributed by atoms with Crippen molar-refractivity contribution >= 4 is 17.7 Å². The maximum Gasteiger partial charge on any atom is 0.262 e. The Morgan fingerprint density at radius 1 is 0.909 bits per heavy atom. The summed E-state index contributed by atoms with van der Waals surface area (Å²) in [7, 11) is 3.03. The normalized spacial score (nSPS) is 13.5. The molecule has 3 aromatic rings. The summed E-state index contributed by atoms with van der Waals surface area (Å²) >= 11 is 0. The summed E-state index contributed by atoms with van der Waals surface area (Å²) < 4.78 is 11.4. The molecule has 168 valence electrons. The summed E-state index contributed by atoms with van der Waals surface area (Å²) in [6.45, 7) is 0.358. The molecule has 0 aromatic heterocycles. The van der Waals surface area contributed by atoms with Crippen LogP contribution in [0.1, 0.15) is 44.3 Å². The van der Waals surface area contributed by atoms with E-state index in [1.165, 1.54) is 14.2 Å². The third kappa shape index (κ3) is 4.43. The number of methoxy groups -OCH3 is 1. The number of carbonyl (C=O) groups is 3. The summed E-state index contributed by atoms with van der Waals surface area (Å²) in [6, 6.07) is 20.8. The molecule has 3 amide bonds. The predicted molar refractivity (Wildman–Crippen MR) is 122 cm³/mol. The monoisotopic (exact) mass is 444 g/mol. The molecule has 0 radical (unpaired) electrons. The van der Waals surface area contributed by atoms with Gasteiger partial charge in [-0.05, 0) is 35.4 Å². The second-order valence-electron chi connectivity index (χ2n) is 7.60. The number of rotatable bonds is 8. The molecule has 4 rings (SSSR count). The lowest BCUT2D eigenvalue weighted by Crippen LogP contribution is -2.37. The van der Waals surface area contributed by atoms with Crippen LogP contribution in [0, 0.1) is 0 Å². The molecule has 1 N–H and O–H groups in total. The molecule has 33 heavy (non-hydrogen) atoms. The van der Waals surface area contributed by atoms with Crippen LogP contribution in [-0.4, -0.2) is 36.8 Å². The van der Waals surface area contributed by atoms with Gasteiger partial charge in [-0.2, -0.15) is 0 Å². The highest BCUT2D eigenvalue weighted by atomic mass is 16.5. The topological polar surface area (TPSA) is 84.9 Å². The first-order chi connectivity index (χ1) is 16.0. The van der Waals surface area contributed by atoms with Crippen LogP contribution in [-0.2, 0) is 11.4 Å². The van der Waals surface area contributed by atoms with Crippen LogP contribution in [0.4, 0.5) is 0 Å². The van der Waals surface area contributed by atoms with Crippen LogP contribution < -0.4 is 14.8 Å². The first-order valence-corrected chi connectivity index (χ1v) is 10.6. The fraction of sp³-hybridized carbons (Fsp3) is 0.192. The van der Waals surface area contributed by atoms with Crippen LogP contribution in [0.2, 0.25) is 0 Å². The second kappa shape index (κ2) is 9.56. The molecule has 0 aliphatic carbocycles. The van der Waals surface area contributed by atoms with Crippen LogP contribution in [0.15, 0.2) is 72.8 Å². The quantitative estimate of drug-likeness (QED) is 0.535. The molecule has 0 saturated heterocycles. The molecule has 1 aliphatic heterocycles. The Labute approximate surface area is 191 Å². The summed E-state index contributed by atoms with van der Waals surface area (Å²) in [5, 5.41) is 2.57. The average Bonchev–Trinajstić information content (AvgIpc) is 3.11. The van der Waals surface area contributed by atoms with Gasteiger partial charge in [-0.1, -0.05) is 48.5 Å². The minimum atomic E-state index is -0.797. The van der Waals surface area contributed by atoms with E-state index < -0.39 is 17.9 Å². The molecule has 7 heteroatoms. The van der Waals surface area contributed by atoms with Crippen molar-refractivity contribution in [2.45, 2.75) is 19.1 Å². The highest BCUT2D eigenvalue weighted by Crippen LogP contribution is 2.37. The molecule has 7 nitrogen and oxygen atoms in total. The van der Waals surface area contributed by atoms with Crippen molar-refractivity contribution < 1.29 is 23.9 Å². The van der Waals surface area contributed by atoms with Gasteiger partial charge in [0.1, 0.15) is 6.61 Å². The molecular weight excluding hydrogens is 420 g/mol. The van der Waals surface area contributed by atoms with E-state index >= 15 is 0 Å². The van der Waals surface area contributed by atoms with Crippen molar-refractivity contribution in [1.29, 1.82) is 0 Å². The molecular formula is C26H24N2O5. The van der Waals surface area contributed by atoms with Gasteiger partial charge in [-0.25, -0.2) is 0 Å². The van der Waals surface area contributed by atoms with Gasteiger partial charge in [-0.3, -0.25) is 19.3 Å². The molecule has 3 aromatic carbocycles. The third-order valence-corrected chi connectivity index (χ3v) is 5.60. The number of fused-ring (bicyclic) bond motifs is 1. The number of hydrogen-bond acceptors (Lipinski definition) is 5. The lowest BCUT2D eigenvalue weighted by molar-refractivity contribution is -0.121. The van der Waals surface area contributed by atoms with Crippen LogP contribution in [0.3, 0.4) is 0 Å². The van der Waals surface area contributed by atoms with Gasteiger partial charge >= 0.3 is 0 Å². The Morgan fingerprint density at radius 2 is 1.55 bits per heavy atom. The number of benzene rings is 3. The SMILES string of the molecule is CNC(=O)CC(c1ccc(OCc2ccccc2)c(OC)c1)N1C(=O)c2ccccc2C1=O. The number of ether oxygens (including phenoxy) is 2. The zero-order valence-electron chi connectivity index (χ0n) is 18.4. The Kier molecular flexibility index (Phi) is 6.40. The summed E-state index contributed by atoms with van der Waals surface area (Å²) in [5.41, 5.74) is 2.27. The molecule has 0 saturated carbocycles. The van der Waals surface area contributed by atoms with Crippen LogP contribution >= 0.6 is 0 Å². The van der Waals surface area contributed by atoms with E-state index in [4.69, 9.17) is 9.47 Å². The van der Waals surface area contributed by atoms with Gasteiger partial charge in [0.2, 0.25) is 5.91 Å². The summed E-state index contributed by atoms with van der Waals surface area (Å²) in [5.74, 6) is -0.172. The number of imide groups is 1. The molecule has 1 atom stereocenters. The first-order valence-electron chi connectivity index (χ1n) is 10.6. The highest BCUT2D eigenvalue weighted by molar-refractivity contribution is 6.21. The Morgan fingerprint density at radius 3 is 2.15 bits per heavy atom. The number of carbonyl (C=O) groups excluding carboxylic acids is 3. The maximum absolute atomic E-state index is 13.1. The van der Waals surface area contributed by atoms with Crippen LogP contribution in [0.5, 0.6) is 11.5 Å². The second-order valence-corrected chi connectivity index (χ2v) is 7.60. The van der Waals surface area contributed by atoms with E-state index in [1.807, 2.05) is 30.3 Å². The van der Waals surface area contributed by atoms with Gasteiger partial charge < -0.3 is 14.8 Å². The van der Waals surface area contributed by atoms with Crippen molar-refractivity contribution in [3.05, 3.63) is 95.1 Å². The maximum atomic E-state index is 13.1. The Balaban J connectivity index is 1.66. The smallest absolute Gasteiger partial charge is 0.262 e. The minimum Gasteiger partial charge on any atom is -0.493 e. The van der Waals surface area contributed by atoms with E-state index in [0.29, 0.717) is 34.8 Å². The molecule has 1 unspecified atom stereocenters. The van der Waals surface area contributed by atoms with E-state index in [1.54, 1.807) is 42.5 Å². The van der Waals surface area contributed by atoms with Gasteiger partial charge in [0.05, 0.1) is 30.7 Å². The van der Waals surface area contributed by atoms with Crippen molar-refractivity contribution in [3.63, 3.8) is 0 Å². The number of hydrogen-bond donors (Lipinski definition) is 1. The largest absolute Gasteiger partial charge is 0.493 e. The summed E-state index contributed by atoms with van der Waals surface area (Å²) in [4.78, 5) is 39.6. The van der Waals surface area contributed by atoms with Crippen molar-refractivity contribution in [3.8, 4) is 11.5 Å². The van der Waals surface area contributed by atoms with Gasteiger partial charge in [0.15, 0.2) is 11.5 Å². The Hall–Kier alpha value is -4.13. The average molecular weight is 444 g/mol. The number of nitrogens with one attached hydrogen (secondary N) is 1. The van der Waals surface area contributed by atoms with E-state index in [9.17, 15) is 14.4 Å². The molecule has 0 bridgehead atoms. The zero-order chi connectivity index (χ0) is 23.4. The lowest BCUT2D eigenvalue weighted by Gasteiger charge is -2.27. The molecule has 0 spiro atoms. The van der Waals surface area contributed by atoms with Gasteiger partial charge in [0.25, 0.3) is 11.8 Å². The fourth-order valence-electron chi connectivity index (χ4n) is 3.87. The van der Waals surface area contributed by atoms with Gasteiger partial charge in [0, 0.05) is 7.05 Å². The van der Waals surface area contributed by atoms with Crippen molar-refractivity contribution in [1.82, 2.24) is 10.2 Å². The molecule has 0 fully saturated rings. The van der Waals surface area contributed by atoms with Crippen molar-refractivity contribution in [2.75, 3.05) is 14.2 Å². The number of nitrogens with zero attached hydrogens (tertiary/aromatic N) is 1. The van der Waals surface area contributed by atoms with E-state index in [0.717, 1.165) is 10.5 Å². The predicted octanol–water partition coefficient (Wildman–Crippen LogP) is 3.75. The first kappa shape index (κ1) is 22.1. The lowest BCUT2D eigenvalue weighted by atomic mass is 10.0. The number of amides is 3. The van der Waals surface area contributed by atoms with Crippen LogP contribution in [0.25, 0.3) is 0 Å². The van der Waals surface area contributed by atoms with E-state index in [-0.39, 0.29) is 12.3 Å². The standard InChI is InChI=1S/C26H24N2O5/c1-27-24(29)15-21(28-25(30)19-10-6-7-11-20(19)26(28)31)18-12-13-22(23(14-18)32-2)33-16-17-8-4-3-5-9-17/h3-14,21H,15-16H2,1-2H3,(H,27,29).